The van der Waals surface area contributed by atoms with Crippen LogP contribution in [0.15, 0.2) is 42.5 Å². The summed E-state index contributed by atoms with van der Waals surface area (Å²) < 4.78 is 5.21. The molecule has 0 bridgehead atoms. The van der Waals surface area contributed by atoms with E-state index in [2.05, 4.69) is 12.2 Å². The normalized spacial score (nSPS) is 12.2. The number of ether oxygens (including phenoxy) is 1. The molecule has 0 heterocycles. The van der Waals surface area contributed by atoms with Crippen molar-refractivity contribution in [3.63, 3.8) is 0 Å². The second-order valence-corrected chi connectivity index (χ2v) is 5.62. The molecule has 2 aromatic carbocycles. The van der Waals surface area contributed by atoms with Gasteiger partial charge in [0.2, 0.25) is 0 Å². The highest BCUT2D eigenvalue weighted by Crippen LogP contribution is 2.32. The Balaban J connectivity index is 2.40. The Labute approximate surface area is 136 Å². The monoisotopic (exact) mass is 323 g/mol. The lowest BCUT2D eigenvalue weighted by molar-refractivity contribution is 0.414. The van der Waals surface area contributed by atoms with E-state index in [4.69, 9.17) is 27.9 Å². The third kappa shape index (κ3) is 3.91. The Kier molecular flexibility index (Phi) is 5.92. The second kappa shape index (κ2) is 7.69. The molecule has 1 N–H and O–H groups in total. The summed E-state index contributed by atoms with van der Waals surface area (Å²) in [5.41, 5.74) is 2.12. The first-order chi connectivity index (χ1) is 10.2. The van der Waals surface area contributed by atoms with Crippen molar-refractivity contribution in [2.24, 2.45) is 0 Å². The van der Waals surface area contributed by atoms with Crippen molar-refractivity contribution in [1.29, 1.82) is 0 Å². The molecule has 1 atom stereocenters. The molecule has 0 spiro atoms. The van der Waals surface area contributed by atoms with Crippen molar-refractivity contribution in [1.82, 2.24) is 5.32 Å². The van der Waals surface area contributed by atoms with Crippen molar-refractivity contribution in [3.05, 3.63) is 63.6 Å². The van der Waals surface area contributed by atoms with Gasteiger partial charge in [0.05, 0.1) is 18.2 Å². The topological polar surface area (TPSA) is 21.3 Å². The van der Waals surface area contributed by atoms with Gasteiger partial charge in [-0.2, -0.15) is 0 Å². The molecule has 2 nitrogen and oxygen atoms in total. The number of rotatable bonds is 6. The fourth-order valence-electron chi connectivity index (χ4n) is 2.27. The summed E-state index contributed by atoms with van der Waals surface area (Å²) in [7, 11) is 1.61. The van der Waals surface area contributed by atoms with Gasteiger partial charge in [-0.3, -0.25) is 0 Å². The number of methoxy groups -OCH3 is 1. The predicted octanol–water partition coefficient (Wildman–Crippen LogP) is 5.09. The van der Waals surface area contributed by atoms with E-state index in [1.54, 1.807) is 7.11 Å². The number of halogens is 2. The van der Waals surface area contributed by atoms with Crippen LogP contribution in [-0.2, 0) is 0 Å². The van der Waals surface area contributed by atoms with Crippen LogP contribution in [0.2, 0.25) is 10.0 Å². The first-order valence-electron chi connectivity index (χ1n) is 6.98. The molecule has 2 aromatic rings. The molecule has 0 amide bonds. The van der Waals surface area contributed by atoms with Crippen LogP contribution in [0.25, 0.3) is 0 Å². The van der Waals surface area contributed by atoms with Crippen molar-refractivity contribution in [3.8, 4) is 5.75 Å². The summed E-state index contributed by atoms with van der Waals surface area (Å²) in [4.78, 5) is 0. The fourth-order valence-corrected chi connectivity index (χ4v) is 2.78. The van der Waals surface area contributed by atoms with Gasteiger partial charge in [-0.25, -0.2) is 0 Å². The minimum atomic E-state index is 0.0158. The van der Waals surface area contributed by atoms with Gasteiger partial charge < -0.3 is 10.1 Å². The lowest BCUT2D eigenvalue weighted by atomic mass is 9.98. The van der Waals surface area contributed by atoms with Gasteiger partial charge in [-0.15, -0.1) is 0 Å². The van der Waals surface area contributed by atoms with Gasteiger partial charge >= 0.3 is 0 Å². The number of benzene rings is 2. The van der Waals surface area contributed by atoms with Gasteiger partial charge in [0.1, 0.15) is 5.75 Å². The maximum Gasteiger partial charge on any atom is 0.137 e. The standard InChI is InChI=1S/C17H19Cl2NO/c1-3-10-20-17(13-6-4-5-7-14(13)18)12-8-9-16(21-2)15(19)11-12/h4-9,11,17,20H,3,10H2,1-2H3. The maximum atomic E-state index is 6.35. The molecule has 2 rings (SSSR count). The average molecular weight is 324 g/mol. The van der Waals surface area contributed by atoms with Gasteiger partial charge in [-0.1, -0.05) is 54.4 Å². The molecule has 0 aromatic heterocycles. The Hall–Kier alpha value is -1.22. The summed E-state index contributed by atoms with van der Waals surface area (Å²) >= 11 is 12.6. The largest absolute Gasteiger partial charge is 0.495 e. The van der Waals surface area contributed by atoms with E-state index in [9.17, 15) is 0 Å². The molecule has 0 fully saturated rings. The number of hydrogen-bond donors (Lipinski definition) is 1. The first kappa shape index (κ1) is 16.2. The van der Waals surface area contributed by atoms with Gasteiger partial charge in [-0.05, 0) is 42.3 Å². The maximum absolute atomic E-state index is 6.35. The van der Waals surface area contributed by atoms with Crippen molar-refractivity contribution in [2.75, 3.05) is 13.7 Å². The lowest BCUT2D eigenvalue weighted by Gasteiger charge is -2.21. The minimum Gasteiger partial charge on any atom is -0.495 e. The summed E-state index contributed by atoms with van der Waals surface area (Å²) in [6.07, 6.45) is 1.05. The highest BCUT2D eigenvalue weighted by molar-refractivity contribution is 6.32. The van der Waals surface area contributed by atoms with Crippen LogP contribution in [0.1, 0.15) is 30.5 Å². The van der Waals surface area contributed by atoms with Crippen molar-refractivity contribution >= 4 is 23.2 Å². The zero-order valence-corrected chi connectivity index (χ0v) is 13.7. The second-order valence-electron chi connectivity index (χ2n) is 4.80. The van der Waals surface area contributed by atoms with Crippen molar-refractivity contribution in [2.45, 2.75) is 19.4 Å². The molecule has 4 heteroatoms. The highest BCUT2D eigenvalue weighted by atomic mass is 35.5. The van der Waals surface area contributed by atoms with Crippen LogP contribution in [0, 0.1) is 0 Å². The van der Waals surface area contributed by atoms with Crippen LogP contribution in [-0.4, -0.2) is 13.7 Å². The van der Waals surface area contributed by atoms with E-state index < -0.39 is 0 Å². The Morgan fingerprint density at radius 2 is 1.86 bits per heavy atom. The SMILES string of the molecule is CCCNC(c1ccc(OC)c(Cl)c1)c1ccccc1Cl. The molecular weight excluding hydrogens is 305 g/mol. The summed E-state index contributed by atoms with van der Waals surface area (Å²) in [5, 5.41) is 4.87. The summed E-state index contributed by atoms with van der Waals surface area (Å²) in [6, 6.07) is 13.7. The van der Waals surface area contributed by atoms with Gasteiger partial charge in [0, 0.05) is 5.02 Å². The molecule has 21 heavy (non-hydrogen) atoms. The number of nitrogens with one attached hydrogen (secondary N) is 1. The molecule has 1 unspecified atom stereocenters. The van der Waals surface area contributed by atoms with Crippen LogP contribution in [0.5, 0.6) is 5.75 Å². The number of hydrogen-bond acceptors (Lipinski definition) is 2. The Bertz CT molecular complexity index is 601. The minimum absolute atomic E-state index is 0.0158. The van der Waals surface area contributed by atoms with E-state index in [1.165, 1.54) is 0 Å². The smallest absolute Gasteiger partial charge is 0.137 e. The zero-order valence-electron chi connectivity index (χ0n) is 12.2. The molecule has 0 aliphatic carbocycles. The Morgan fingerprint density at radius 3 is 2.48 bits per heavy atom. The molecule has 112 valence electrons. The van der Waals surface area contributed by atoms with E-state index in [1.807, 2.05) is 42.5 Å². The van der Waals surface area contributed by atoms with Gasteiger partial charge in [0.15, 0.2) is 0 Å². The van der Waals surface area contributed by atoms with Crippen LogP contribution < -0.4 is 10.1 Å². The first-order valence-corrected chi connectivity index (χ1v) is 7.74. The van der Waals surface area contributed by atoms with E-state index in [0.717, 1.165) is 29.1 Å². The fraction of sp³-hybridized carbons (Fsp3) is 0.294. The molecule has 0 aliphatic rings. The summed E-state index contributed by atoms with van der Waals surface area (Å²) in [6.45, 7) is 3.04. The molecule has 0 radical (unpaired) electrons. The predicted molar refractivity (Wildman–Crippen MR) is 89.6 cm³/mol. The van der Waals surface area contributed by atoms with Crippen LogP contribution in [0.3, 0.4) is 0 Å². The highest BCUT2D eigenvalue weighted by Gasteiger charge is 2.17. The van der Waals surface area contributed by atoms with Crippen LogP contribution in [0.4, 0.5) is 0 Å². The molecule has 0 aliphatic heterocycles. The van der Waals surface area contributed by atoms with Crippen LogP contribution >= 0.6 is 23.2 Å². The molecular formula is C17H19Cl2NO. The third-order valence-corrected chi connectivity index (χ3v) is 3.96. The molecule has 0 saturated carbocycles. The van der Waals surface area contributed by atoms with Crippen molar-refractivity contribution < 1.29 is 4.74 Å². The quantitative estimate of drug-likeness (QED) is 0.799. The average Bonchev–Trinajstić information content (AvgIpc) is 2.49. The lowest BCUT2D eigenvalue weighted by Crippen LogP contribution is -2.23. The molecule has 0 saturated heterocycles. The van der Waals surface area contributed by atoms with E-state index in [-0.39, 0.29) is 6.04 Å². The van der Waals surface area contributed by atoms with E-state index >= 15 is 0 Å². The third-order valence-electron chi connectivity index (χ3n) is 3.32. The van der Waals surface area contributed by atoms with Gasteiger partial charge in [0.25, 0.3) is 0 Å². The van der Waals surface area contributed by atoms with E-state index in [0.29, 0.717) is 10.8 Å². The summed E-state index contributed by atoms with van der Waals surface area (Å²) in [5.74, 6) is 0.675. The zero-order chi connectivity index (χ0) is 15.2. The Morgan fingerprint density at radius 1 is 1.10 bits per heavy atom.